The monoisotopic (exact) mass is 228 g/mol. The van der Waals surface area contributed by atoms with Crippen LogP contribution in [0.2, 0.25) is 0 Å². The van der Waals surface area contributed by atoms with E-state index in [1.807, 2.05) is 31.2 Å². The summed E-state index contributed by atoms with van der Waals surface area (Å²) in [7, 11) is 0. The van der Waals surface area contributed by atoms with Crippen molar-refractivity contribution in [3.05, 3.63) is 48.0 Å². The molecule has 1 nitrogen and oxygen atoms in total. The molecule has 0 fully saturated rings. The Morgan fingerprint density at radius 2 is 1.71 bits per heavy atom. The van der Waals surface area contributed by atoms with Crippen molar-refractivity contribution in [3.63, 3.8) is 0 Å². The largest absolute Gasteiger partial charge is 0.385 e. The number of hydrogen-bond acceptors (Lipinski definition) is 1. The molecular formula is C16H20O. The Hall–Kier alpha value is -1.34. The van der Waals surface area contributed by atoms with Crippen molar-refractivity contribution in [2.75, 3.05) is 0 Å². The first-order valence-corrected chi connectivity index (χ1v) is 6.21. The third-order valence-corrected chi connectivity index (χ3v) is 3.18. The summed E-state index contributed by atoms with van der Waals surface area (Å²) in [5, 5.41) is 13.0. The molecule has 2 rings (SSSR count). The molecule has 1 atom stereocenters. The minimum absolute atomic E-state index is 0.476. The molecule has 0 spiro atoms. The third-order valence-electron chi connectivity index (χ3n) is 3.18. The highest BCUT2D eigenvalue weighted by Gasteiger charge is 2.25. The van der Waals surface area contributed by atoms with Crippen LogP contribution in [0.4, 0.5) is 0 Å². The van der Waals surface area contributed by atoms with Gasteiger partial charge in [-0.05, 0) is 35.6 Å². The molecule has 2 aromatic rings. The van der Waals surface area contributed by atoms with Gasteiger partial charge in [-0.25, -0.2) is 0 Å². The SMILES string of the molecule is CC(C)CC(C)(O)c1cccc2ccccc12. The summed E-state index contributed by atoms with van der Waals surface area (Å²) in [5.41, 5.74) is 0.277. The van der Waals surface area contributed by atoms with Gasteiger partial charge in [-0.2, -0.15) is 0 Å². The lowest BCUT2D eigenvalue weighted by Gasteiger charge is -2.27. The molecule has 0 radical (unpaired) electrons. The van der Waals surface area contributed by atoms with Gasteiger partial charge in [0.2, 0.25) is 0 Å². The van der Waals surface area contributed by atoms with Gasteiger partial charge < -0.3 is 5.11 Å². The van der Waals surface area contributed by atoms with E-state index in [0.29, 0.717) is 5.92 Å². The van der Waals surface area contributed by atoms with Gasteiger partial charge in [0.15, 0.2) is 0 Å². The van der Waals surface area contributed by atoms with Crippen LogP contribution >= 0.6 is 0 Å². The predicted molar refractivity (Wildman–Crippen MR) is 73.0 cm³/mol. The summed E-state index contributed by atoms with van der Waals surface area (Å²) in [5.74, 6) is 0.476. The standard InChI is InChI=1S/C16H20O/c1-12(2)11-16(3,17)15-10-6-8-13-7-4-5-9-14(13)15/h4-10,12,17H,11H2,1-3H3. The molecule has 0 amide bonds. The van der Waals surface area contributed by atoms with Crippen LogP contribution in [0.1, 0.15) is 32.8 Å². The lowest BCUT2D eigenvalue weighted by atomic mass is 9.85. The summed E-state index contributed by atoms with van der Waals surface area (Å²) in [4.78, 5) is 0. The Morgan fingerprint density at radius 3 is 2.41 bits per heavy atom. The number of rotatable bonds is 3. The second-order valence-electron chi connectivity index (χ2n) is 5.40. The van der Waals surface area contributed by atoms with Gasteiger partial charge in [0.25, 0.3) is 0 Å². The van der Waals surface area contributed by atoms with Gasteiger partial charge >= 0.3 is 0 Å². The zero-order chi connectivity index (χ0) is 12.5. The Labute approximate surface area is 103 Å². The lowest BCUT2D eigenvalue weighted by Crippen LogP contribution is -2.23. The molecule has 90 valence electrons. The molecule has 1 heteroatoms. The van der Waals surface area contributed by atoms with Gasteiger partial charge in [0.05, 0.1) is 5.60 Å². The molecule has 0 bridgehead atoms. The molecule has 1 unspecified atom stereocenters. The average molecular weight is 228 g/mol. The molecule has 2 aromatic carbocycles. The number of aliphatic hydroxyl groups is 1. The topological polar surface area (TPSA) is 20.2 Å². The van der Waals surface area contributed by atoms with Crippen LogP contribution in [0.25, 0.3) is 10.8 Å². The molecule has 0 aliphatic heterocycles. The highest BCUT2D eigenvalue weighted by Crippen LogP contribution is 2.33. The molecule has 17 heavy (non-hydrogen) atoms. The van der Waals surface area contributed by atoms with Crippen LogP contribution in [0.15, 0.2) is 42.5 Å². The molecule has 0 heterocycles. The van der Waals surface area contributed by atoms with E-state index >= 15 is 0 Å². The van der Waals surface area contributed by atoms with Gasteiger partial charge in [-0.15, -0.1) is 0 Å². The van der Waals surface area contributed by atoms with Crippen molar-refractivity contribution in [1.82, 2.24) is 0 Å². The van der Waals surface area contributed by atoms with Crippen LogP contribution in [0.5, 0.6) is 0 Å². The minimum Gasteiger partial charge on any atom is -0.385 e. The fourth-order valence-corrected chi connectivity index (χ4v) is 2.60. The summed E-state index contributed by atoms with van der Waals surface area (Å²) in [6.07, 6.45) is 0.779. The normalized spacial score (nSPS) is 15.1. The van der Waals surface area contributed by atoms with E-state index in [4.69, 9.17) is 0 Å². The third kappa shape index (κ3) is 2.50. The number of benzene rings is 2. The molecule has 0 aliphatic carbocycles. The van der Waals surface area contributed by atoms with E-state index in [9.17, 15) is 5.11 Å². The zero-order valence-electron chi connectivity index (χ0n) is 10.8. The molecule has 0 aliphatic rings. The van der Waals surface area contributed by atoms with E-state index in [1.54, 1.807) is 0 Å². The van der Waals surface area contributed by atoms with Crippen LogP contribution in [-0.2, 0) is 5.60 Å². The van der Waals surface area contributed by atoms with Crippen molar-refractivity contribution in [2.45, 2.75) is 32.8 Å². The van der Waals surface area contributed by atoms with Gasteiger partial charge in [0.1, 0.15) is 0 Å². The minimum atomic E-state index is -0.755. The molecule has 1 N–H and O–H groups in total. The quantitative estimate of drug-likeness (QED) is 0.838. The molecule has 0 aromatic heterocycles. The van der Waals surface area contributed by atoms with E-state index in [2.05, 4.69) is 32.0 Å². The van der Waals surface area contributed by atoms with E-state index < -0.39 is 5.60 Å². The maximum Gasteiger partial charge on any atom is 0.0877 e. The summed E-state index contributed by atoms with van der Waals surface area (Å²) in [6.45, 7) is 6.19. The van der Waals surface area contributed by atoms with Crippen molar-refractivity contribution in [2.24, 2.45) is 5.92 Å². The fraction of sp³-hybridized carbons (Fsp3) is 0.375. The maximum absolute atomic E-state index is 10.7. The summed E-state index contributed by atoms with van der Waals surface area (Å²) >= 11 is 0. The van der Waals surface area contributed by atoms with Gasteiger partial charge in [-0.1, -0.05) is 56.3 Å². The van der Waals surface area contributed by atoms with Gasteiger partial charge in [-0.3, -0.25) is 0 Å². The lowest BCUT2D eigenvalue weighted by molar-refractivity contribution is 0.0363. The first kappa shape index (κ1) is 12.1. The maximum atomic E-state index is 10.7. The smallest absolute Gasteiger partial charge is 0.0877 e. The number of fused-ring (bicyclic) bond motifs is 1. The molecule has 0 saturated heterocycles. The molecular weight excluding hydrogens is 208 g/mol. The summed E-state index contributed by atoms with van der Waals surface area (Å²) in [6, 6.07) is 14.4. The second kappa shape index (κ2) is 4.50. The van der Waals surface area contributed by atoms with Crippen LogP contribution < -0.4 is 0 Å². The Balaban J connectivity index is 2.55. The van der Waals surface area contributed by atoms with E-state index in [0.717, 1.165) is 17.4 Å². The van der Waals surface area contributed by atoms with Crippen molar-refractivity contribution < 1.29 is 5.11 Å². The van der Waals surface area contributed by atoms with Gasteiger partial charge in [0, 0.05) is 0 Å². The van der Waals surface area contributed by atoms with Crippen LogP contribution in [0, 0.1) is 5.92 Å². The Bertz CT molecular complexity index is 506. The van der Waals surface area contributed by atoms with Crippen molar-refractivity contribution in [1.29, 1.82) is 0 Å². The highest BCUT2D eigenvalue weighted by molar-refractivity contribution is 5.86. The Morgan fingerprint density at radius 1 is 1.06 bits per heavy atom. The van der Waals surface area contributed by atoms with Crippen LogP contribution in [0.3, 0.4) is 0 Å². The number of hydrogen-bond donors (Lipinski definition) is 1. The van der Waals surface area contributed by atoms with Crippen molar-refractivity contribution >= 4 is 10.8 Å². The fourth-order valence-electron chi connectivity index (χ4n) is 2.60. The van der Waals surface area contributed by atoms with Crippen LogP contribution in [-0.4, -0.2) is 5.11 Å². The zero-order valence-corrected chi connectivity index (χ0v) is 10.8. The Kier molecular flexibility index (Phi) is 3.21. The van der Waals surface area contributed by atoms with E-state index in [1.165, 1.54) is 5.39 Å². The van der Waals surface area contributed by atoms with Crippen molar-refractivity contribution in [3.8, 4) is 0 Å². The first-order chi connectivity index (χ1) is 8.00. The van der Waals surface area contributed by atoms with E-state index in [-0.39, 0.29) is 0 Å². The summed E-state index contributed by atoms with van der Waals surface area (Å²) < 4.78 is 0. The average Bonchev–Trinajstić information content (AvgIpc) is 2.26. The first-order valence-electron chi connectivity index (χ1n) is 6.21. The second-order valence-corrected chi connectivity index (χ2v) is 5.40. The highest BCUT2D eigenvalue weighted by atomic mass is 16.3. The predicted octanol–water partition coefficient (Wildman–Crippen LogP) is 4.09. The molecule has 0 saturated carbocycles.